The van der Waals surface area contributed by atoms with Gasteiger partial charge in [-0.15, -0.1) is 5.11 Å². The van der Waals surface area contributed by atoms with Gasteiger partial charge in [-0.1, -0.05) is 6.07 Å². The van der Waals surface area contributed by atoms with Gasteiger partial charge in [0.05, 0.1) is 18.8 Å². The molecule has 0 saturated heterocycles. The third kappa shape index (κ3) is 3.20. The molecule has 1 aromatic carbocycles. The number of aliphatic hydroxyl groups is 1. The van der Waals surface area contributed by atoms with Crippen molar-refractivity contribution in [2.45, 2.75) is 13.5 Å². The number of azo groups is 1. The molecule has 0 unspecified atom stereocenters. The molecule has 0 spiro atoms. The van der Waals surface area contributed by atoms with E-state index in [4.69, 9.17) is 10.4 Å². The number of aromatic hydroxyl groups is 2. The monoisotopic (exact) mass is 314 g/mol. The number of hydrogen-bond acceptors (Lipinski definition) is 7. The molecule has 2 rings (SSSR count). The van der Waals surface area contributed by atoms with Crippen molar-refractivity contribution < 1.29 is 15.3 Å². The fourth-order valence-corrected chi connectivity index (χ4v) is 2.03. The van der Waals surface area contributed by atoms with Gasteiger partial charge < -0.3 is 15.3 Å². The zero-order chi connectivity index (χ0) is 17.0. The molecule has 118 valence electrons. The highest BCUT2D eigenvalue weighted by Crippen LogP contribution is 2.27. The fraction of sp³-hybridized carbons (Fsp3) is 0.200. The molecule has 0 aliphatic heterocycles. The van der Waals surface area contributed by atoms with Crippen LogP contribution >= 0.6 is 0 Å². The average Bonchev–Trinajstić information content (AvgIpc) is 2.52. The standard InChI is InChI=1S/C15H14N4O4/c1-9-12(8-16)14(22)19(5-6-20)15(23)13(9)18-17-10-3-2-4-11(21)7-10/h2-4,7,20-22H,5-6H2,1H3. The maximum atomic E-state index is 12.3. The first-order valence-corrected chi connectivity index (χ1v) is 6.67. The van der Waals surface area contributed by atoms with Crippen LogP contribution in [0.4, 0.5) is 11.4 Å². The number of pyridine rings is 1. The Labute approximate surface area is 131 Å². The smallest absolute Gasteiger partial charge is 0.281 e. The van der Waals surface area contributed by atoms with E-state index in [1.165, 1.54) is 19.1 Å². The van der Waals surface area contributed by atoms with E-state index in [0.29, 0.717) is 5.69 Å². The highest BCUT2D eigenvalue weighted by atomic mass is 16.3. The number of phenolic OH excluding ortho intramolecular Hbond substituents is 1. The van der Waals surface area contributed by atoms with E-state index in [0.717, 1.165) is 4.57 Å². The predicted molar refractivity (Wildman–Crippen MR) is 81.2 cm³/mol. The van der Waals surface area contributed by atoms with E-state index in [1.54, 1.807) is 18.2 Å². The Morgan fingerprint density at radius 2 is 2.04 bits per heavy atom. The lowest BCUT2D eigenvalue weighted by molar-refractivity contribution is 0.263. The van der Waals surface area contributed by atoms with Gasteiger partial charge in [0.25, 0.3) is 5.56 Å². The third-order valence-corrected chi connectivity index (χ3v) is 3.19. The topological polar surface area (TPSA) is 131 Å². The Bertz CT molecular complexity index is 865. The Morgan fingerprint density at radius 1 is 1.30 bits per heavy atom. The molecule has 2 aromatic rings. The number of phenols is 1. The van der Waals surface area contributed by atoms with Crippen LogP contribution in [0.5, 0.6) is 11.6 Å². The van der Waals surface area contributed by atoms with Crippen LogP contribution in [0.1, 0.15) is 11.1 Å². The maximum Gasteiger partial charge on any atom is 0.281 e. The van der Waals surface area contributed by atoms with Crippen LogP contribution in [0, 0.1) is 18.3 Å². The molecule has 0 fully saturated rings. The molecule has 0 aliphatic carbocycles. The average molecular weight is 314 g/mol. The van der Waals surface area contributed by atoms with Gasteiger partial charge in [-0.3, -0.25) is 9.36 Å². The molecule has 0 bridgehead atoms. The number of hydrogen-bond donors (Lipinski definition) is 3. The normalized spacial score (nSPS) is 10.8. The van der Waals surface area contributed by atoms with E-state index in [9.17, 15) is 15.0 Å². The predicted octanol–water partition coefficient (Wildman–Crippen LogP) is 1.85. The number of aromatic nitrogens is 1. The molecule has 3 N–H and O–H groups in total. The first kappa shape index (κ1) is 16.2. The summed E-state index contributed by atoms with van der Waals surface area (Å²) in [6.45, 7) is 0.915. The number of rotatable bonds is 4. The van der Waals surface area contributed by atoms with Gasteiger partial charge >= 0.3 is 0 Å². The molecule has 0 aliphatic rings. The van der Waals surface area contributed by atoms with E-state index >= 15 is 0 Å². The zero-order valence-electron chi connectivity index (χ0n) is 12.3. The Hall–Kier alpha value is -3.18. The molecule has 23 heavy (non-hydrogen) atoms. The van der Waals surface area contributed by atoms with Crippen LogP contribution in [0.2, 0.25) is 0 Å². The minimum Gasteiger partial charge on any atom is -0.508 e. The summed E-state index contributed by atoms with van der Waals surface area (Å²) in [6.07, 6.45) is 0. The van der Waals surface area contributed by atoms with E-state index in [-0.39, 0.29) is 35.7 Å². The lowest BCUT2D eigenvalue weighted by atomic mass is 10.1. The molecule has 0 atom stereocenters. The molecule has 1 heterocycles. The number of nitriles is 1. The minimum absolute atomic E-state index is 0.000663. The molecule has 0 amide bonds. The molecule has 8 nitrogen and oxygen atoms in total. The van der Waals surface area contributed by atoms with Gasteiger partial charge in [0, 0.05) is 11.6 Å². The third-order valence-electron chi connectivity index (χ3n) is 3.19. The van der Waals surface area contributed by atoms with Gasteiger partial charge in [-0.05, 0) is 19.1 Å². The quantitative estimate of drug-likeness (QED) is 0.741. The molecular weight excluding hydrogens is 300 g/mol. The summed E-state index contributed by atoms with van der Waals surface area (Å²) in [5, 5.41) is 45.2. The van der Waals surface area contributed by atoms with Crippen molar-refractivity contribution in [2.75, 3.05) is 6.61 Å². The zero-order valence-corrected chi connectivity index (χ0v) is 12.3. The molecule has 8 heteroatoms. The van der Waals surface area contributed by atoms with E-state index < -0.39 is 11.4 Å². The van der Waals surface area contributed by atoms with Crippen molar-refractivity contribution in [1.29, 1.82) is 5.26 Å². The first-order valence-electron chi connectivity index (χ1n) is 6.67. The van der Waals surface area contributed by atoms with Crippen LogP contribution in [-0.4, -0.2) is 26.5 Å². The second-order valence-electron chi connectivity index (χ2n) is 4.68. The van der Waals surface area contributed by atoms with Gasteiger partial charge in [0.2, 0.25) is 5.88 Å². The SMILES string of the molecule is Cc1c(C#N)c(O)n(CCO)c(=O)c1N=Nc1cccc(O)c1. The van der Waals surface area contributed by atoms with E-state index in [2.05, 4.69) is 10.2 Å². The van der Waals surface area contributed by atoms with Gasteiger partial charge in [0.15, 0.2) is 5.69 Å². The summed E-state index contributed by atoms with van der Waals surface area (Å²) in [6, 6.07) is 7.77. The van der Waals surface area contributed by atoms with E-state index in [1.807, 2.05) is 0 Å². The van der Waals surface area contributed by atoms with Crippen LogP contribution in [0.15, 0.2) is 39.3 Å². The van der Waals surface area contributed by atoms with Crippen molar-refractivity contribution >= 4 is 11.4 Å². The second-order valence-corrected chi connectivity index (χ2v) is 4.68. The highest BCUT2D eigenvalue weighted by Gasteiger charge is 2.18. The lowest BCUT2D eigenvalue weighted by Crippen LogP contribution is -2.23. The maximum absolute atomic E-state index is 12.3. The largest absolute Gasteiger partial charge is 0.508 e. The summed E-state index contributed by atoms with van der Waals surface area (Å²) >= 11 is 0. The Kier molecular flexibility index (Phi) is 4.73. The van der Waals surface area contributed by atoms with Crippen molar-refractivity contribution in [2.24, 2.45) is 10.2 Å². The number of benzene rings is 1. The van der Waals surface area contributed by atoms with Gasteiger partial charge in [-0.2, -0.15) is 10.4 Å². The lowest BCUT2D eigenvalue weighted by Gasteiger charge is -2.11. The first-order chi connectivity index (χ1) is 11.0. The van der Waals surface area contributed by atoms with Crippen molar-refractivity contribution in [3.63, 3.8) is 0 Å². The van der Waals surface area contributed by atoms with Crippen molar-refractivity contribution in [3.05, 3.63) is 45.7 Å². The minimum atomic E-state index is -0.669. The van der Waals surface area contributed by atoms with Gasteiger partial charge in [-0.25, -0.2) is 0 Å². The summed E-state index contributed by atoms with van der Waals surface area (Å²) in [5.41, 5.74) is -0.381. The molecular formula is C15H14N4O4. The fourth-order valence-electron chi connectivity index (χ4n) is 2.03. The summed E-state index contributed by atoms with van der Waals surface area (Å²) in [7, 11) is 0. The van der Waals surface area contributed by atoms with Gasteiger partial charge in [0.1, 0.15) is 17.4 Å². The van der Waals surface area contributed by atoms with Crippen LogP contribution in [0.25, 0.3) is 0 Å². The molecule has 1 aromatic heterocycles. The second kappa shape index (κ2) is 6.72. The van der Waals surface area contributed by atoms with Crippen molar-refractivity contribution in [3.8, 4) is 17.7 Å². The number of nitrogens with zero attached hydrogens (tertiary/aromatic N) is 4. The highest BCUT2D eigenvalue weighted by molar-refractivity contribution is 5.56. The van der Waals surface area contributed by atoms with Crippen LogP contribution < -0.4 is 5.56 Å². The molecule has 0 saturated carbocycles. The Morgan fingerprint density at radius 3 is 2.65 bits per heavy atom. The summed E-state index contributed by atoms with van der Waals surface area (Å²) < 4.78 is 0.863. The number of aliphatic hydroxyl groups excluding tert-OH is 1. The summed E-state index contributed by atoms with van der Waals surface area (Å²) in [5.74, 6) is -0.514. The molecule has 0 radical (unpaired) electrons. The van der Waals surface area contributed by atoms with Crippen LogP contribution in [0.3, 0.4) is 0 Å². The Balaban J connectivity index is 2.60. The summed E-state index contributed by atoms with van der Waals surface area (Å²) in [4.78, 5) is 12.3. The van der Waals surface area contributed by atoms with Crippen molar-refractivity contribution in [1.82, 2.24) is 4.57 Å². The van der Waals surface area contributed by atoms with Crippen LogP contribution in [-0.2, 0) is 6.54 Å².